The van der Waals surface area contributed by atoms with Crippen molar-refractivity contribution < 1.29 is 13.9 Å². The fourth-order valence-corrected chi connectivity index (χ4v) is 4.24. The first-order valence-electron chi connectivity index (χ1n) is 9.55. The first kappa shape index (κ1) is 19.0. The summed E-state index contributed by atoms with van der Waals surface area (Å²) in [6.45, 7) is 2.17. The number of hydrogen-bond acceptors (Lipinski definition) is 3. The summed E-state index contributed by atoms with van der Waals surface area (Å²) >= 11 is 0. The van der Waals surface area contributed by atoms with Gasteiger partial charge in [0.2, 0.25) is 0 Å². The Kier molecular flexibility index (Phi) is 7.27. The van der Waals surface area contributed by atoms with Crippen molar-refractivity contribution in [2.45, 2.75) is 90.1 Å². The van der Waals surface area contributed by atoms with E-state index in [4.69, 9.17) is 10.00 Å². The number of ether oxygens (including phenoxy) is 1. The van der Waals surface area contributed by atoms with Gasteiger partial charge in [-0.2, -0.15) is 9.65 Å². The quantitative estimate of drug-likeness (QED) is 0.468. The van der Waals surface area contributed by atoms with Crippen molar-refractivity contribution in [1.29, 1.82) is 5.26 Å². The molecule has 24 heavy (non-hydrogen) atoms. The number of nitrogens with zero attached hydrogens (tertiary/aromatic N) is 1. The molecule has 0 aromatic heterocycles. The lowest BCUT2D eigenvalue weighted by Gasteiger charge is -2.39. The second kappa shape index (κ2) is 9.20. The van der Waals surface area contributed by atoms with Crippen molar-refractivity contribution >= 4 is 5.97 Å². The predicted molar refractivity (Wildman–Crippen MR) is 91.7 cm³/mol. The Labute approximate surface area is 145 Å². The molecular formula is C20H30FNO2. The highest BCUT2D eigenvalue weighted by Gasteiger charge is 2.36. The molecule has 0 bridgehead atoms. The number of nitriles is 1. The predicted octanol–water partition coefficient (Wildman–Crippen LogP) is 5.61. The minimum absolute atomic E-state index is 0.00187. The Morgan fingerprint density at radius 3 is 2.50 bits per heavy atom. The van der Waals surface area contributed by atoms with Gasteiger partial charge in [-0.05, 0) is 75.7 Å². The minimum atomic E-state index is -0.689. The third-order valence-electron chi connectivity index (χ3n) is 6.07. The van der Waals surface area contributed by atoms with Gasteiger partial charge in [-0.3, -0.25) is 4.79 Å². The Morgan fingerprint density at radius 1 is 1.25 bits per heavy atom. The zero-order chi connectivity index (χ0) is 17.4. The van der Waals surface area contributed by atoms with Crippen molar-refractivity contribution in [3.05, 3.63) is 11.9 Å². The van der Waals surface area contributed by atoms with E-state index in [1.165, 1.54) is 31.4 Å². The van der Waals surface area contributed by atoms with Crippen LogP contribution in [0, 0.1) is 22.7 Å². The van der Waals surface area contributed by atoms with Crippen molar-refractivity contribution in [2.24, 2.45) is 11.3 Å². The van der Waals surface area contributed by atoms with Crippen LogP contribution in [0.4, 0.5) is 4.39 Å². The van der Waals surface area contributed by atoms with Gasteiger partial charge in [0, 0.05) is 0 Å². The Balaban J connectivity index is 1.79. The normalized spacial score (nSPS) is 29.0. The molecule has 134 valence electrons. The zero-order valence-electron chi connectivity index (χ0n) is 14.9. The van der Waals surface area contributed by atoms with Gasteiger partial charge in [0.1, 0.15) is 12.2 Å². The average Bonchev–Trinajstić information content (AvgIpc) is 2.62. The summed E-state index contributed by atoms with van der Waals surface area (Å²) in [5.74, 6) is -0.647. The SMILES string of the molecule is CCC1(CCC=C(F)C#N)CCC(C(=O)OC2CCCCC2)CC1. The number of carbonyl (C=O) groups excluding carboxylic acids is 1. The second-order valence-electron chi connectivity index (χ2n) is 7.53. The molecule has 3 nitrogen and oxygen atoms in total. The Morgan fingerprint density at radius 2 is 1.92 bits per heavy atom. The molecule has 0 radical (unpaired) electrons. The lowest BCUT2D eigenvalue weighted by molar-refractivity contribution is -0.157. The summed E-state index contributed by atoms with van der Waals surface area (Å²) in [7, 11) is 0. The van der Waals surface area contributed by atoms with Crippen LogP contribution >= 0.6 is 0 Å². The molecule has 2 saturated carbocycles. The molecule has 2 aliphatic rings. The van der Waals surface area contributed by atoms with Crippen molar-refractivity contribution in [1.82, 2.24) is 0 Å². The monoisotopic (exact) mass is 335 g/mol. The molecule has 0 atom stereocenters. The van der Waals surface area contributed by atoms with Crippen LogP contribution in [-0.2, 0) is 9.53 Å². The molecule has 2 fully saturated rings. The van der Waals surface area contributed by atoms with Gasteiger partial charge >= 0.3 is 5.97 Å². The van der Waals surface area contributed by atoms with E-state index in [1.807, 2.05) is 0 Å². The van der Waals surface area contributed by atoms with Crippen molar-refractivity contribution in [3.8, 4) is 6.07 Å². The van der Waals surface area contributed by atoms with Gasteiger partial charge < -0.3 is 4.74 Å². The topological polar surface area (TPSA) is 50.1 Å². The molecular weight excluding hydrogens is 305 g/mol. The van der Waals surface area contributed by atoms with Gasteiger partial charge in [0.15, 0.2) is 5.83 Å². The summed E-state index contributed by atoms with van der Waals surface area (Å²) in [5, 5.41) is 8.48. The fraction of sp³-hybridized carbons (Fsp3) is 0.800. The molecule has 2 aliphatic carbocycles. The second-order valence-corrected chi connectivity index (χ2v) is 7.53. The highest BCUT2D eigenvalue weighted by Crippen LogP contribution is 2.45. The minimum Gasteiger partial charge on any atom is -0.462 e. The number of allylic oxidation sites excluding steroid dienone is 2. The zero-order valence-corrected chi connectivity index (χ0v) is 14.9. The number of esters is 1. The highest BCUT2D eigenvalue weighted by atomic mass is 19.1. The number of hydrogen-bond donors (Lipinski definition) is 0. The standard InChI is InChI=1S/C20H30FNO2/c1-2-20(12-6-7-17(21)15-22)13-10-16(11-14-20)19(23)24-18-8-4-3-5-9-18/h7,16,18H,2-6,8-14H2,1H3. The van der Waals surface area contributed by atoms with E-state index in [0.717, 1.165) is 51.4 Å². The molecule has 4 heteroatoms. The van der Waals surface area contributed by atoms with Crippen LogP contribution in [0.2, 0.25) is 0 Å². The fourth-order valence-electron chi connectivity index (χ4n) is 4.24. The smallest absolute Gasteiger partial charge is 0.309 e. The van der Waals surface area contributed by atoms with E-state index in [-0.39, 0.29) is 23.4 Å². The van der Waals surface area contributed by atoms with E-state index in [1.54, 1.807) is 0 Å². The third-order valence-corrected chi connectivity index (χ3v) is 6.07. The molecule has 0 saturated heterocycles. The van der Waals surface area contributed by atoms with Gasteiger partial charge in [-0.25, -0.2) is 0 Å². The van der Waals surface area contributed by atoms with E-state index in [0.29, 0.717) is 6.42 Å². The van der Waals surface area contributed by atoms with Crippen LogP contribution in [-0.4, -0.2) is 12.1 Å². The van der Waals surface area contributed by atoms with Crippen LogP contribution < -0.4 is 0 Å². The average molecular weight is 335 g/mol. The van der Waals surface area contributed by atoms with Gasteiger partial charge in [0.05, 0.1) is 5.92 Å². The molecule has 0 spiro atoms. The maximum Gasteiger partial charge on any atom is 0.309 e. The first-order chi connectivity index (χ1) is 11.6. The van der Waals surface area contributed by atoms with Crippen LogP contribution in [0.25, 0.3) is 0 Å². The van der Waals surface area contributed by atoms with Crippen LogP contribution in [0.15, 0.2) is 11.9 Å². The van der Waals surface area contributed by atoms with Crippen LogP contribution in [0.3, 0.4) is 0 Å². The highest BCUT2D eigenvalue weighted by molar-refractivity contribution is 5.72. The van der Waals surface area contributed by atoms with E-state index in [2.05, 4.69) is 6.92 Å². The summed E-state index contributed by atoms with van der Waals surface area (Å²) in [6, 6.07) is 1.53. The van der Waals surface area contributed by atoms with Gasteiger partial charge in [-0.1, -0.05) is 19.8 Å². The molecule has 0 amide bonds. The Bertz CT molecular complexity index is 480. The van der Waals surface area contributed by atoms with E-state index >= 15 is 0 Å². The molecule has 0 aliphatic heterocycles. The molecule has 0 aromatic carbocycles. The summed E-state index contributed by atoms with van der Waals surface area (Å²) in [4.78, 5) is 12.4. The van der Waals surface area contributed by atoms with Crippen LogP contribution in [0.5, 0.6) is 0 Å². The lowest BCUT2D eigenvalue weighted by atomic mass is 9.66. The summed E-state index contributed by atoms with van der Waals surface area (Å²) in [6.07, 6.45) is 13.5. The maximum atomic E-state index is 12.9. The number of rotatable bonds is 6. The van der Waals surface area contributed by atoms with Crippen molar-refractivity contribution in [2.75, 3.05) is 0 Å². The van der Waals surface area contributed by atoms with Gasteiger partial charge in [-0.15, -0.1) is 0 Å². The maximum absolute atomic E-state index is 12.9. The van der Waals surface area contributed by atoms with Gasteiger partial charge in [0.25, 0.3) is 0 Å². The Hall–Kier alpha value is -1.37. The molecule has 0 unspecified atom stereocenters. The molecule has 0 heterocycles. The molecule has 0 N–H and O–H groups in total. The lowest BCUT2D eigenvalue weighted by Crippen LogP contribution is -2.33. The first-order valence-corrected chi connectivity index (χ1v) is 9.55. The van der Waals surface area contributed by atoms with E-state index < -0.39 is 5.83 Å². The largest absolute Gasteiger partial charge is 0.462 e. The van der Waals surface area contributed by atoms with Crippen molar-refractivity contribution in [3.63, 3.8) is 0 Å². The molecule has 2 rings (SSSR count). The van der Waals surface area contributed by atoms with Crippen LogP contribution in [0.1, 0.15) is 84.0 Å². The summed E-state index contributed by atoms with van der Waals surface area (Å²) < 4.78 is 18.7. The number of carbonyl (C=O) groups is 1. The number of halogens is 1. The summed E-state index contributed by atoms with van der Waals surface area (Å²) in [5.41, 5.74) is 0.188. The third kappa shape index (κ3) is 5.33. The molecule has 0 aromatic rings. The van der Waals surface area contributed by atoms with E-state index in [9.17, 15) is 9.18 Å².